The smallest absolute Gasteiger partial charge is 0.341 e. The normalized spacial score (nSPS) is 14.9. The van der Waals surface area contributed by atoms with Gasteiger partial charge < -0.3 is 9.84 Å². The molecule has 0 aromatic heterocycles. The van der Waals surface area contributed by atoms with E-state index in [4.69, 9.17) is 9.84 Å². The van der Waals surface area contributed by atoms with Crippen molar-refractivity contribution in [2.45, 2.75) is 4.90 Å². The van der Waals surface area contributed by atoms with Crippen molar-refractivity contribution >= 4 is 29.6 Å². The summed E-state index contributed by atoms with van der Waals surface area (Å²) in [6.07, 6.45) is 1.74. The Morgan fingerprint density at radius 1 is 1.14 bits per heavy atom. The van der Waals surface area contributed by atoms with Gasteiger partial charge in [0.15, 0.2) is 6.61 Å². The maximum absolute atomic E-state index is 12.4. The highest BCUT2D eigenvalue weighted by Crippen LogP contribution is 2.41. The Balaban J connectivity index is 1.91. The van der Waals surface area contributed by atoms with Crippen LogP contribution < -0.4 is 4.74 Å². The number of ketones is 1. The molecule has 2 aromatic carbocycles. The van der Waals surface area contributed by atoms with Gasteiger partial charge in [-0.3, -0.25) is 4.79 Å². The van der Waals surface area contributed by atoms with E-state index in [-0.39, 0.29) is 5.78 Å². The summed E-state index contributed by atoms with van der Waals surface area (Å²) in [5, 5.41) is 8.71. The molecule has 0 spiro atoms. The first-order valence-corrected chi connectivity index (χ1v) is 7.44. The van der Waals surface area contributed by atoms with E-state index in [9.17, 15) is 9.59 Å². The van der Waals surface area contributed by atoms with Crippen LogP contribution in [0.15, 0.2) is 58.3 Å². The molecule has 4 nitrogen and oxygen atoms in total. The van der Waals surface area contributed by atoms with E-state index >= 15 is 0 Å². The Hall–Kier alpha value is -2.53. The summed E-state index contributed by atoms with van der Waals surface area (Å²) < 4.78 is 5.26. The predicted molar refractivity (Wildman–Crippen MR) is 84.2 cm³/mol. The van der Waals surface area contributed by atoms with Crippen molar-refractivity contribution in [1.29, 1.82) is 0 Å². The van der Waals surface area contributed by atoms with Gasteiger partial charge >= 0.3 is 5.97 Å². The van der Waals surface area contributed by atoms with Gasteiger partial charge in [0.1, 0.15) is 5.75 Å². The Bertz CT molecular complexity index is 780. The number of fused-ring (bicyclic) bond motifs is 1. The zero-order valence-corrected chi connectivity index (χ0v) is 12.3. The molecule has 2 aromatic rings. The fraction of sp³-hybridized carbons (Fsp3) is 0.0588. The number of thioether (sulfide) groups is 1. The molecule has 0 unspecified atom stereocenters. The topological polar surface area (TPSA) is 63.6 Å². The number of Topliss-reactive ketones (excluding diaryl/α,β-unsaturated/α-hetero) is 1. The molecule has 1 N–H and O–H groups in total. The first-order valence-electron chi connectivity index (χ1n) is 6.62. The highest BCUT2D eigenvalue weighted by atomic mass is 32.2. The molecule has 0 aliphatic carbocycles. The number of allylic oxidation sites excluding steroid dienone is 1. The molecule has 0 saturated carbocycles. The van der Waals surface area contributed by atoms with Gasteiger partial charge in [-0.1, -0.05) is 42.1 Å². The van der Waals surface area contributed by atoms with E-state index in [0.29, 0.717) is 21.8 Å². The number of carboxylic acid groups (broad SMARTS) is 1. The van der Waals surface area contributed by atoms with E-state index in [1.807, 2.05) is 24.3 Å². The van der Waals surface area contributed by atoms with E-state index in [0.717, 1.165) is 4.90 Å². The third kappa shape index (κ3) is 2.89. The van der Waals surface area contributed by atoms with Crippen LogP contribution in [0.1, 0.15) is 15.9 Å². The molecular weight excluding hydrogens is 300 g/mol. The molecular formula is C17H12O4S. The fourth-order valence-electron chi connectivity index (χ4n) is 2.15. The minimum atomic E-state index is -1.04. The number of carboxylic acids is 1. The van der Waals surface area contributed by atoms with Crippen LogP contribution in [-0.4, -0.2) is 23.5 Å². The van der Waals surface area contributed by atoms with Gasteiger partial charge in [0.2, 0.25) is 5.78 Å². The zero-order chi connectivity index (χ0) is 15.5. The maximum Gasteiger partial charge on any atom is 0.341 e. The third-order valence-corrected chi connectivity index (χ3v) is 4.23. The van der Waals surface area contributed by atoms with Crippen LogP contribution in [0.5, 0.6) is 5.75 Å². The summed E-state index contributed by atoms with van der Waals surface area (Å²) >= 11 is 1.41. The summed E-state index contributed by atoms with van der Waals surface area (Å²) in [4.78, 5) is 24.5. The largest absolute Gasteiger partial charge is 0.481 e. The monoisotopic (exact) mass is 312 g/mol. The summed E-state index contributed by atoms with van der Waals surface area (Å²) in [6, 6.07) is 14.5. The highest BCUT2D eigenvalue weighted by Gasteiger charge is 2.25. The summed E-state index contributed by atoms with van der Waals surface area (Å²) in [6.45, 7) is -0.415. The van der Waals surface area contributed by atoms with Gasteiger partial charge in [-0.05, 0) is 24.3 Å². The SMILES string of the molecule is O=C(O)COc1ccccc1C=C1Sc2ccccc2C1=O. The second-order valence-corrected chi connectivity index (χ2v) is 5.74. The van der Waals surface area contributed by atoms with Crippen LogP contribution in [0.25, 0.3) is 6.08 Å². The number of carbonyl (C=O) groups is 2. The predicted octanol–water partition coefficient (Wildman–Crippen LogP) is 3.48. The van der Waals surface area contributed by atoms with Gasteiger partial charge in [0, 0.05) is 16.0 Å². The fourth-order valence-corrected chi connectivity index (χ4v) is 3.19. The Morgan fingerprint density at radius 3 is 2.64 bits per heavy atom. The van der Waals surface area contributed by atoms with Gasteiger partial charge in [-0.15, -0.1) is 0 Å². The van der Waals surface area contributed by atoms with Crippen LogP contribution in [0, 0.1) is 0 Å². The molecule has 0 amide bonds. The van der Waals surface area contributed by atoms with Gasteiger partial charge in [-0.25, -0.2) is 4.79 Å². The third-order valence-electron chi connectivity index (χ3n) is 3.13. The molecule has 5 heteroatoms. The molecule has 22 heavy (non-hydrogen) atoms. The number of ether oxygens (including phenoxy) is 1. The first kappa shape index (κ1) is 14.4. The van der Waals surface area contributed by atoms with Gasteiger partial charge in [-0.2, -0.15) is 0 Å². The van der Waals surface area contributed by atoms with E-state index in [1.54, 1.807) is 30.3 Å². The van der Waals surface area contributed by atoms with Crippen molar-refractivity contribution in [1.82, 2.24) is 0 Å². The van der Waals surface area contributed by atoms with Crippen molar-refractivity contribution in [2.24, 2.45) is 0 Å². The molecule has 0 radical (unpaired) electrons. The van der Waals surface area contributed by atoms with E-state index in [1.165, 1.54) is 11.8 Å². The second-order valence-electron chi connectivity index (χ2n) is 4.66. The maximum atomic E-state index is 12.4. The number of para-hydroxylation sites is 1. The summed E-state index contributed by atoms with van der Waals surface area (Å²) in [5.41, 5.74) is 1.38. The van der Waals surface area contributed by atoms with E-state index in [2.05, 4.69) is 0 Å². The summed E-state index contributed by atoms with van der Waals surface area (Å²) in [7, 11) is 0. The number of benzene rings is 2. The van der Waals surface area contributed by atoms with Gasteiger partial charge in [0.25, 0.3) is 0 Å². The Morgan fingerprint density at radius 2 is 1.86 bits per heavy atom. The Kier molecular flexibility index (Phi) is 3.98. The lowest BCUT2D eigenvalue weighted by molar-refractivity contribution is -0.139. The number of aliphatic carboxylic acids is 1. The van der Waals surface area contributed by atoms with Crippen LogP contribution in [0.4, 0.5) is 0 Å². The van der Waals surface area contributed by atoms with Crippen molar-refractivity contribution in [2.75, 3.05) is 6.61 Å². The van der Waals surface area contributed by atoms with Crippen molar-refractivity contribution in [3.05, 3.63) is 64.6 Å². The first-order chi connectivity index (χ1) is 10.6. The van der Waals surface area contributed by atoms with Crippen LogP contribution >= 0.6 is 11.8 Å². The second kappa shape index (κ2) is 6.07. The molecule has 0 atom stereocenters. The average molecular weight is 312 g/mol. The molecule has 1 heterocycles. The Labute approximate surface area is 131 Å². The minimum Gasteiger partial charge on any atom is -0.481 e. The number of hydrogen-bond donors (Lipinski definition) is 1. The van der Waals surface area contributed by atoms with Crippen LogP contribution in [-0.2, 0) is 4.79 Å². The number of rotatable bonds is 4. The van der Waals surface area contributed by atoms with Crippen LogP contribution in [0.3, 0.4) is 0 Å². The molecule has 110 valence electrons. The van der Waals surface area contributed by atoms with Crippen molar-refractivity contribution in [3.8, 4) is 5.75 Å². The number of carbonyl (C=O) groups excluding carboxylic acids is 1. The molecule has 0 bridgehead atoms. The quantitative estimate of drug-likeness (QED) is 0.876. The lowest BCUT2D eigenvalue weighted by atomic mass is 10.1. The minimum absolute atomic E-state index is 0.0198. The van der Waals surface area contributed by atoms with Crippen molar-refractivity contribution in [3.63, 3.8) is 0 Å². The summed E-state index contributed by atoms with van der Waals surface area (Å²) in [5.74, 6) is -0.614. The lowest BCUT2D eigenvalue weighted by Gasteiger charge is -2.07. The standard InChI is InChI=1S/C17H12O4S/c18-16(19)10-21-13-7-3-1-5-11(13)9-15-17(20)12-6-2-4-8-14(12)22-15/h1-9H,10H2,(H,18,19). The lowest BCUT2D eigenvalue weighted by Crippen LogP contribution is -2.10. The average Bonchev–Trinajstić information content (AvgIpc) is 2.83. The molecule has 1 aliphatic rings. The number of hydrogen-bond acceptors (Lipinski definition) is 4. The van der Waals surface area contributed by atoms with Crippen LogP contribution in [0.2, 0.25) is 0 Å². The van der Waals surface area contributed by atoms with Crippen molar-refractivity contribution < 1.29 is 19.4 Å². The molecule has 0 saturated heterocycles. The van der Waals surface area contributed by atoms with Gasteiger partial charge in [0.05, 0.1) is 4.91 Å². The molecule has 1 aliphatic heterocycles. The van der Waals surface area contributed by atoms with E-state index < -0.39 is 12.6 Å². The molecule has 3 rings (SSSR count). The zero-order valence-electron chi connectivity index (χ0n) is 11.5. The molecule has 0 fully saturated rings. The highest BCUT2D eigenvalue weighted by molar-refractivity contribution is 8.04.